The third-order valence-electron chi connectivity index (χ3n) is 0. The Morgan fingerprint density at radius 2 is 0.750 bits per heavy atom. The summed E-state index contributed by atoms with van der Waals surface area (Å²) in [5, 5.41) is 0. The monoisotopic (exact) mass is 96.0 g/mol. The van der Waals surface area contributed by atoms with Crippen LogP contribution >= 0.6 is 0 Å². The van der Waals surface area contributed by atoms with Gasteiger partial charge in [0.25, 0.3) is 0 Å². The van der Waals surface area contributed by atoms with E-state index in [1.165, 1.54) is 0 Å². The Morgan fingerprint density at radius 3 is 0.750 bits per heavy atom. The fourth-order valence-electron chi connectivity index (χ4n) is 0. The van der Waals surface area contributed by atoms with Gasteiger partial charge in [-0.2, -0.15) is 0 Å². The zero-order valence-electron chi connectivity index (χ0n) is 2.52. The summed E-state index contributed by atoms with van der Waals surface area (Å²) in [6, 6.07) is 0. The fraction of sp³-hybridized carbons (Fsp3) is 0. The van der Waals surface area contributed by atoms with Crippen LogP contribution < -0.4 is 57.5 Å². The van der Waals surface area contributed by atoms with Crippen LogP contribution in [0, 0.1) is 0 Å². The van der Waals surface area contributed by atoms with Crippen molar-refractivity contribution in [2.24, 2.45) is 0 Å². The van der Waals surface area contributed by atoms with Crippen LogP contribution in [0.25, 0.3) is 0 Å². The molecule has 0 aliphatic heterocycles. The maximum absolute atomic E-state index is 0. The summed E-state index contributed by atoms with van der Waals surface area (Å²) >= 11 is 0. The summed E-state index contributed by atoms with van der Waals surface area (Å²) < 4.78 is 0. The Bertz CT molecular complexity index is 6.00. The molecule has 1 nitrogen and oxygen atoms in total. The minimum Gasteiger partial charge on any atom is -0.344 e. The van der Waals surface area contributed by atoms with Crippen LogP contribution in [0.5, 0.6) is 0 Å². The fourth-order valence-corrected chi connectivity index (χ4v) is 0. The molecule has 0 atom stereocenters. The number of rotatable bonds is 0. The molecule has 4 heavy (non-hydrogen) atoms. The maximum atomic E-state index is 0. The molecule has 0 saturated heterocycles. The predicted octanol–water partition coefficient (Wildman–Crippen LogP) is -2.53. The van der Waals surface area contributed by atoms with Gasteiger partial charge in [0.05, 0.1) is 0 Å². The first-order valence-corrected chi connectivity index (χ1v) is 0. The van der Waals surface area contributed by atoms with Gasteiger partial charge in [0.1, 0.15) is 0 Å². The second-order valence-corrected chi connectivity index (χ2v) is 0. The Hall–Kier alpha value is 1.46. The molecule has 0 amide bonds. The van der Waals surface area contributed by atoms with Crippen molar-refractivity contribution in [3.63, 3.8) is 0 Å². The van der Waals surface area contributed by atoms with E-state index in [4.69, 9.17) is 0 Å². The molecule has 0 aromatic carbocycles. The number of hydrogen-bond acceptors (Lipinski definition) is 1. The smallest absolute Gasteiger partial charge is 0.344 e. The van der Waals surface area contributed by atoms with Crippen molar-refractivity contribution in [1.82, 2.24) is 6.15 Å². The van der Waals surface area contributed by atoms with E-state index in [1.54, 1.807) is 0 Å². The van der Waals surface area contributed by atoms with Gasteiger partial charge in [-0.25, -0.2) is 0 Å². The first-order chi connectivity index (χ1) is 0. The van der Waals surface area contributed by atoms with Crippen molar-refractivity contribution in [3.05, 3.63) is 0 Å². The molecule has 0 heterocycles. The van der Waals surface area contributed by atoms with Crippen molar-refractivity contribution >= 4 is 0 Å². The first kappa shape index (κ1) is 51.1. The van der Waals surface area contributed by atoms with Crippen LogP contribution in [-0.4, -0.2) is 0 Å². The first-order valence-electron chi connectivity index (χ1n) is 0. The molecule has 0 radical (unpaired) electrons. The molecule has 0 fully saturated rings. The average molecular weight is 96.1 g/mol. The molecular weight excluding hydrogens is 91.1 g/mol. The zero-order chi connectivity index (χ0) is 0. The molecule has 3 N–H and O–H groups in total. The third kappa shape index (κ3) is 9.83. The Labute approximate surface area is 65.9 Å². The van der Waals surface area contributed by atoms with Crippen LogP contribution in [0.4, 0.5) is 9.41 Å². The number of hydrogen-bond donors (Lipinski definition) is 1. The minimum absolute atomic E-state index is 0. The van der Waals surface area contributed by atoms with Gasteiger partial charge in [0.15, 0.2) is 0 Å². The molecule has 0 aromatic rings. The average Bonchev–Trinajstić information content (AvgIpc) is 0. The largest absolute Gasteiger partial charge is 1.00 e. The van der Waals surface area contributed by atoms with Crippen LogP contribution in [0.3, 0.4) is 0 Å². The topological polar surface area (TPSA) is 35.0 Å². The minimum atomic E-state index is 0. The SMILES string of the molecule is F.F.N.[K+]. The van der Waals surface area contributed by atoms with Crippen molar-refractivity contribution in [3.8, 4) is 0 Å². The second-order valence-electron chi connectivity index (χ2n) is 0. The van der Waals surface area contributed by atoms with E-state index in [1.807, 2.05) is 0 Å². The molecule has 0 rings (SSSR count). The second kappa shape index (κ2) is 25.1. The van der Waals surface area contributed by atoms with E-state index in [9.17, 15) is 0 Å². The molecule has 0 bridgehead atoms. The number of halogens is 2. The molecular formula is H5F2KN+. The zero-order valence-corrected chi connectivity index (χ0v) is 5.65. The molecule has 0 unspecified atom stereocenters. The maximum Gasteiger partial charge on any atom is 1.00 e. The Balaban J connectivity index is 0. The summed E-state index contributed by atoms with van der Waals surface area (Å²) in [5.41, 5.74) is 0. The van der Waals surface area contributed by atoms with Gasteiger partial charge in [-0.15, -0.1) is 0 Å². The van der Waals surface area contributed by atoms with Crippen LogP contribution in [0.15, 0.2) is 0 Å². The Morgan fingerprint density at radius 1 is 0.750 bits per heavy atom. The normalized spacial score (nSPS) is 0. The van der Waals surface area contributed by atoms with Gasteiger partial charge >= 0.3 is 51.4 Å². The van der Waals surface area contributed by atoms with Gasteiger partial charge in [-0.1, -0.05) is 0 Å². The van der Waals surface area contributed by atoms with Gasteiger partial charge in [-0.05, 0) is 0 Å². The molecule has 0 spiro atoms. The van der Waals surface area contributed by atoms with Crippen molar-refractivity contribution in [1.29, 1.82) is 0 Å². The summed E-state index contributed by atoms with van der Waals surface area (Å²) in [6.07, 6.45) is 0. The third-order valence-corrected chi connectivity index (χ3v) is 0. The summed E-state index contributed by atoms with van der Waals surface area (Å²) in [6.45, 7) is 0. The van der Waals surface area contributed by atoms with Gasteiger partial charge < -0.3 is 6.15 Å². The summed E-state index contributed by atoms with van der Waals surface area (Å²) in [7, 11) is 0. The summed E-state index contributed by atoms with van der Waals surface area (Å²) in [4.78, 5) is 0. The summed E-state index contributed by atoms with van der Waals surface area (Å²) in [5.74, 6) is 0. The standard InChI is InChI=1S/2FH.K.H3N/h2*1H;;1H3/q;;+1;. The molecule has 24 valence electrons. The molecule has 0 aliphatic carbocycles. The predicted molar refractivity (Wildman–Crippen MR) is 10.0 cm³/mol. The van der Waals surface area contributed by atoms with E-state index in [2.05, 4.69) is 0 Å². The van der Waals surface area contributed by atoms with Crippen LogP contribution in [0.1, 0.15) is 0 Å². The van der Waals surface area contributed by atoms with Crippen molar-refractivity contribution in [2.45, 2.75) is 0 Å². The molecule has 4 heteroatoms. The quantitative estimate of drug-likeness (QED) is 0.332. The van der Waals surface area contributed by atoms with E-state index >= 15 is 0 Å². The molecule has 0 aliphatic rings. The van der Waals surface area contributed by atoms with E-state index in [0.717, 1.165) is 0 Å². The molecule has 0 aromatic heterocycles. The van der Waals surface area contributed by atoms with Crippen molar-refractivity contribution < 1.29 is 60.8 Å². The van der Waals surface area contributed by atoms with Crippen LogP contribution in [-0.2, 0) is 0 Å². The van der Waals surface area contributed by atoms with E-state index in [-0.39, 0.29) is 66.9 Å². The van der Waals surface area contributed by atoms with E-state index in [0.29, 0.717) is 0 Å². The Kier molecular flexibility index (Phi) is 321. The van der Waals surface area contributed by atoms with Gasteiger partial charge in [-0.3, -0.25) is 9.41 Å². The molecule has 0 saturated carbocycles. The van der Waals surface area contributed by atoms with Gasteiger partial charge in [0.2, 0.25) is 0 Å². The van der Waals surface area contributed by atoms with Gasteiger partial charge in [0, 0.05) is 0 Å². The van der Waals surface area contributed by atoms with Crippen molar-refractivity contribution in [2.75, 3.05) is 0 Å². The van der Waals surface area contributed by atoms with E-state index < -0.39 is 0 Å². The van der Waals surface area contributed by atoms with Crippen LogP contribution in [0.2, 0.25) is 0 Å².